The van der Waals surface area contributed by atoms with Crippen LogP contribution in [0.2, 0.25) is 0 Å². The van der Waals surface area contributed by atoms with Crippen LogP contribution >= 0.6 is 0 Å². The number of hydrogen-bond acceptors (Lipinski definition) is 3. The number of sulfone groups is 1. The first kappa shape index (κ1) is 16.0. The minimum Gasteiger partial charge on any atom is -0.481 e. The average molecular weight is 310 g/mol. The second kappa shape index (κ2) is 6.18. The van der Waals surface area contributed by atoms with Gasteiger partial charge in [0, 0.05) is 0 Å². The molecule has 0 heterocycles. The molecule has 1 aliphatic carbocycles. The van der Waals surface area contributed by atoms with Gasteiger partial charge < -0.3 is 5.11 Å². The molecule has 3 atom stereocenters. The van der Waals surface area contributed by atoms with Crippen LogP contribution in [0, 0.1) is 11.8 Å². The molecule has 3 unspecified atom stereocenters. The number of carboxylic acid groups (broad SMARTS) is 1. The van der Waals surface area contributed by atoms with E-state index in [4.69, 9.17) is 5.11 Å². The second-order valence-electron chi connectivity index (χ2n) is 6.15. The van der Waals surface area contributed by atoms with Crippen LogP contribution in [0.5, 0.6) is 0 Å². The maximum atomic E-state index is 12.7. The lowest BCUT2D eigenvalue weighted by atomic mass is 9.81. The molecule has 5 heteroatoms. The Morgan fingerprint density at radius 3 is 2.29 bits per heavy atom. The lowest BCUT2D eigenvalue weighted by Gasteiger charge is -2.31. The maximum Gasteiger partial charge on any atom is 0.307 e. The predicted octanol–water partition coefficient (Wildman–Crippen LogP) is 2.91. The van der Waals surface area contributed by atoms with E-state index in [0.717, 1.165) is 6.42 Å². The Balaban J connectivity index is 2.18. The minimum atomic E-state index is -3.31. The van der Waals surface area contributed by atoms with E-state index < -0.39 is 15.8 Å². The van der Waals surface area contributed by atoms with Gasteiger partial charge in [0.2, 0.25) is 0 Å². The summed E-state index contributed by atoms with van der Waals surface area (Å²) in [4.78, 5) is 11.0. The van der Waals surface area contributed by atoms with E-state index in [9.17, 15) is 13.2 Å². The zero-order chi connectivity index (χ0) is 15.6. The zero-order valence-corrected chi connectivity index (χ0v) is 13.3. The molecule has 116 valence electrons. The predicted molar refractivity (Wildman–Crippen MR) is 80.9 cm³/mol. The van der Waals surface area contributed by atoms with Crippen LogP contribution in [0.15, 0.2) is 29.2 Å². The molecule has 2 rings (SSSR count). The van der Waals surface area contributed by atoms with Gasteiger partial charge in [-0.1, -0.05) is 26.0 Å². The third-order valence-electron chi connectivity index (χ3n) is 4.60. The van der Waals surface area contributed by atoms with Crippen molar-refractivity contribution in [1.29, 1.82) is 0 Å². The third-order valence-corrected chi connectivity index (χ3v) is 6.83. The summed E-state index contributed by atoms with van der Waals surface area (Å²) in [6.07, 6.45) is 2.28. The fourth-order valence-corrected chi connectivity index (χ4v) is 4.85. The Labute approximate surface area is 126 Å². The first-order valence-corrected chi connectivity index (χ1v) is 8.90. The summed E-state index contributed by atoms with van der Waals surface area (Å²) in [5.41, 5.74) is 0.618. The molecular weight excluding hydrogens is 288 g/mol. The van der Waals surface area contributed by atoms with Crippen LogP contribution in [-0.4, -0.2) is 24.7 Å². The van der Waals surface area contributed by atoms with Crippen molar-refractivity contribution in [1.82, 2.24) is 0 Å². The van der Waals surface area contributed by atoms with Crippen molar-refractivity contribution in [3.8, 4) is 0 Å². The molecule has 1 saturated carbocycles. The van der Waals surface area contributed by atoms with Gasteiger partial charge in [-0.05, 0) is 48.8 Å². The number of carboxylic acids is 1. The standard InChI is InChI=1S/C16H22O4S/c1-11-3-6-15(9-12(11)2)21(19,20)14-7-4-13(5-8-14)10-16(17)18/h4-5,7-8,11-12,15H,3,6,9-10H2,1-2H3,(H,17,18). The van der Waals surface area contributed by atoms with E-state index in [1.165, 1.54) is 12.1 Å². The van der Waals surface area contributed by atoms with E-state index >= 15 is 0 Å². The van der Waals surface area contributed by atoms with Crippen molar-refractivity contribution in [2.24, 2.45) is 11.8 Å². The summed E-state index contributed by atoms with van der Waals surface area (Å²) >= 11 is 0. The molecule has 0 saturated heterocycles. The first-order chi connectivity index (χ1) is 9.80. The Morgan fingerprint density at radius 2 is 1.76 bits per heavy atom. The van der Waals surface area contributed by atoms with Crippen LogP contribution in [0.25, 0.3) is 0 Å². The number of carbonyl (C=O) groups is 1. The van der Waals surface area contributed by atoms with Crippen LogP contribution in [0.1, 0.15) is 38.7 Å². The van der Waals surface area contributed by atoms with Crippen molar-refractivity contribution >= 4 is 15.8 Å². The van der Waals surface area contributed by atoms with Gasteiger partial charge in [-0.3, -0.25) is 4.79 Å². The van der Waals surface area contributed by atoms with Gasteiger partial charge in [0.05, 0.1) is 16.6 Å². The molecule has 0 spiro atoms. The van der Waals surface area contributed by atoms with Crippen LogP contribution < -0.4 is 0 Å². The average Bonchev–Trinajstić information content (AvgIpc) is 2.41. The lowest BCUT2D eigenvalue weighted by molar-refractivity contribution is -0.136. The van der Waals surface area contributed by atoms with Gasteiger partial charge in [0.25, 0.3) is 0 Å². The summed E-state index contributed by atoms with van der Waals surface area (Å²) in [5.74, 6) is 0.0832. The molecule has 0 aromatic heterocycles. The Bertz CT molecular complexity index is 604. The summed E-state index contributed by atoms with van der Waals surface area (Å²) in [6.45, 7) is 4.29. The maximum absolute atomic E-state index is 12.7. The normalized spacial score (nSPS) is 26.5. The summed E-state index contributed by atoms with van der Waals surface area (Å²) in [6, 6.07) is 6.26. The zero-order valence-electron chi connectivity index (χ0n) is 12.5. The van der Waals surface area contributed by atoms with Crippen molar-refractivity contribution in [2.45, 2.75) is 49.7 Å². The van der Waals surface area contributed by atoms with Gasteiger partial charge in [0.1, 0.15) is 0 Å². The number of rotatable bonds is 4. The fourth-order valence-electron chi connectivity index (χ4n) is 2.94. The van der Waals surface area contributed by atoms with E-state index in [2.05, 4.69) is 13.8 Å². The highest BCUT2D eigenvalue weighted by atomic mass is 32.2. The quantitative estimate of drug-likeness (QED) is 0.928. The highest BCUT2D eigenvalue weighted by molar-refractivity contribution is 7.92. The molecule has 1 aromatic rings. The highest BCUT2D eigenvalue weighted by Gasteiger charge is 2.34. The van der Waals surface area contributed by atoms with Gasteiger partial charge in [0.15, 0.2) is 9.84 Å². The molecule has 0 aliphatic heterocycles. The van der Waals surface area contributed by atoms with Crippen LogP contribution in [0.4, 0.5) is 0 Å². The van der Waals surface area contributed by atoms with Crippen molar-refractivity contribution in [2.75, 3.05) is 0 Å². The first-order valence-electron chi connectivity index (χ1n) is 7.35. The lowest BCUT2D eigenvalue weighted by Crippen LogP contribution is -2.31. The van der Waals surface area contributed by atoms with Crippen LogP contribution in [-0.2, 0) is 21.1 Å². The van der Waals surface area contributed by atoms with E-state index in [1.54, 1.807) is 12.1 Å². The molecule has 0 bridgehead atoms. The van der Waals surface area contributed by atoms with Gasteiger partial charge in [-0.2, -0.15) is 0 Å². The topological polar surface area (TPSA) is 71.4 Å². The molecule has 1 aliphatic rings. The third kappa shape index (κ3) is 3.64. The number of benzene rings is 1. The molecular formula is C16H22O4S. The monoisotopic (exact) mass is 310 g/mol. The van der Waals surface area contributed by atoms with Gasteiger partial charge in [-0.25, -0.2) is 8.42 Å². The van der Waals surface area contributed by atoms with E-state index in [0.29, 0.717) is 35.1 Å². The molecule has 0 radical (unpaired) electrons. The summed E-state index contributed by atoms with van der Waals surface area (Å²) < 4.78 is 25.3. The Morgan fingerprint density at radius 1 is 1.14 bits per heavy atom. The molecule has 1 N–H and O–H groups in total. The van der Waals surface area contributed by atoms with Gasteiger partial charge in [-0.15, -0.1) is 0 Å². The van der Waals surface area contributed by atoms with E-state index in [1.807, 2.05) is 0 Å². The molecule has 0 amide bonds. The summed E-state index contributed by atoms with van der Waals surface area (Å²) in [7, 11) is -3.31. The Hall–Kier alpha value is -1.36. The van der Waals surface area contributed by atoms with E-state index in [-0.39, 0.29) is 11.7 Å². The SMILES string of the molecule is CC1CCC(S(=O)(=O)c2ccc(CC(=O)O)cc2)CC1C. The largest absolute Gasteiger partial charge is 0.481 e. The van der Waals surface area contributed by atoms with Crippen molar-refractivity contribution in [3.05, 3.63) is 29.8 Å². The Kier molecular flexibility index (Phi) is 4.71. The fraction of sp³-hybridized carbons (Fsp3) is 0.562. The van der Waals surface area contributed by atoms with Gasteiger partial charge >= 0.3 is 5.97 Å². The smallest absolute Gasteiger partial charge is 0.307 e. The molecule has 4 nitrogen and oxygen atoms in total. The molecule has 21 heavy (non-hydrogen) atoms. The second-order valence-corrected chi connectivity index (χ2v) is 8.38. The van der Waals surface area contributed by atoms with Crippen LogP contribution in [0.3, 0.4) is 0 Å². The molecule has 1 aromatic carbocycles. The highest BCUT2D eigenvalue weighted by Crippen LogP contribution is 2.35. The van der Waals surface area contributed by atoms with Crippen molar-refractivity contribution < 1.29 is 18.3 Å². The number of aliphatic carboxylic acids is 1. The minimum absolute atomic E-state index is 0.0850. The van der Waals surface area contributed by atoms with Crippen molar-refractivity contribution in [3.63, 3.8) is 0 Å². The number of hydrogen-bond donors (Lipinski definition) is 1. The molecule has 1 fully saturated rings. The summed E-state index contributed by atoms with van der Waals surface area (Å²) in [5, 5.41) is 8.42.